The quantitative estimate of drug-likeness (QED) is 0.682. The fourth-order valence-corrected chi connectivity index (χ4v) is 4.27. The lowest BCUT2D eigenvalue weighted by atomic mass is 9.94. The topological polar surface area (TPSA) is 44.8 Å². The second-order valence-electron chi connectivity index (χ2n) is 7.48. The molecule has 1 N–H and O–H groups in total. The van der Waals surface area contributed by atoms with E-state index in [1.807, 2.05) is 0 Å². The maximum absolute atomic E-state index is 13.4. The minimum atomic E-state index is -5.46. The van der Waals surface area contributed by atoms with Crippen LogP contribution in [0.25, 0.3) is 0 Å². The molecule has 1 aromatic rings. The summed E-state index contributed by atoms with van der Waals surface area (Å²) in [6.45, 7) is 0.775. The largest absolute Gasteiger partial charge is 0.402 e. The van der Waals surface area contributed by atoms with Gasteiger partial charge in [-0.3, -0.25) is 9.69 Å². The number of hydrogen-bond acceptors (Lipinski definition) is 4. The average Bonchev–Trinajstić information content (AvgIpc) is 2.68. The molecular formula is C19H22ClF6N3O2. The Balaban J connectivity index is 1.91. The summed E-state index contributed by atoms with van der Waals surface area (Å²) in [6, 6.07) is 2.64. The number of rotatable bonds is 4. The summed E-state index contributed by atoms with van der Waals surface area (Å²) >= 11 is 6.24. The molecule has 2 saturated heterocycles. The van der Waals surface area contributed by atoms with Crippen molar-refractivity contribution < 1.29 is 35.9 Å². The third-order valence-electron chi connectivity index (χ3n) is 5.47. The molecule has 1 unspecified atom stereocenters. The maximum atomic E-state index is 13.4. The number of ether oxygens (including phenoxy) is 1. The van der Waals surface area contributed by atoms with Crippen LogP contribution in [0.1, 0.15) is 15.9 Å². The fourth-order valence-electron chi connectivity index (χ4n) is 4.00. The van der Waals surface area contributed by atoms with E-state index < -0.39 is 36.8 Å². The lowest BCUT2D eigenvalue weighted by molar-refractivity contribution is -0.300. The molecule has 5 nitrogen and oxygen atoms in total. The zero-order valence-corrected chi connectivity index (χ0v) is 17.2. The summed E-state index contributed by atoms with van der Waals surface area (Å²) in [5.74, 6) is -3.93. The number of benzene rings is 1. The van der Waals surface area contributed by atoms with Crippen LogP contribution in [0.15, 0.2) is 18.2 Å². The first kappa shape index (κ1) is 24.1. The molecule has 1 amide bonds. The molecule has 0 radical (unpaired) electrons. The Hall–Kier alpha value is -1.56. The predicted molar refractivity (Wildman–Crippen MR) is 101 cm³/mol. The zero-order valence-electron chi connectivity index (χ0n) is 16.4. The van der Waals surface area contributed by atoms with Gasteiger partial charge in [-0.25, -0.2) is 0 Å². The zero-order chi connectivity index (χ0) is 22.8. The van der Waals surface area contributed by atoms with Gasteiger partial charge in [0.1, 0.15) is 0 Å². The van der Waals surface area contributed by atoms with Gasteiger partial charge < -0.3 is 15.0 Å². The van der Waals surface area contributed by atoms with E-state index >= 15 is 0 Å². The van der Waals surface area contributed by atoms with Crippen LogP contribution in [0.2, 0.25) is 5.02 Å². The minimum Gasteiger partial charge on any atom is -0.378 e. The summed E-state index contributed by atoms with van der Waals surface area (Å²) in [6.07, 6.45) is -10.9. The number of carbonyl (C=O) groups is 1. The van der Waals surface area contributed by atoms with Gasteiger partial charge in [-0.05, 0) is 11.6 Å². The molecule has 2 aliphatic rings. The van der Waals surface area contributed by atoms with Gasteiger partial charge >= 0.3 is 12.4 Å². The summed E-state index contributed by atoms with van der Waals surface area (Å²) in [5, 5.41) is 2.72. The van der Waals surface area contributed by atoms with Gasteiger partial charge in [-0.15, -0.1) is 0 Å². The van der Waals surface area contributed by atoms with E-state index in [0.717, 1.165) is 4.90 Å². The number of nitrogens with zero attached hydrogens (tertiary/aromatic N) is 2. The van der Waals surface area contributed by atoms with Gasteiger partial charge in [-0.2, -0.15) is 26.3 Å². The van der Waals surface area contributed by atoms with Gasteiger partial charge in [0, 0.05) is 45.3 Å². The van der Waals surface area contributed by atoms with Crippen LogP contribution in [0.5, 0.6) is 0 Å². The minimum absolute atomic E-state index is 0.0367. The molecule has 0 aromatic heterocycles. The standard InChI is InChI=1S/C19H22ClF6N3O2/c20-13-3-1-2-12(15(13)17(30)28-6-8-31-9-7-28)11-29-5-4-27-10-14(29)16(18(21,22)23)19(24,25)26/h1-3,14,16,27H,4-11H2. The Morgan fingerprint density at radius 3 is 2.39 bits per heavy atom. The van der Waals surface area contributed by atoms with Crippen molar-refractivity contribution >= 4 is 17.5 Å². The molecule has 0 spiro atoms. The van der Waals surface area contributed by atoms with E-state index in [0.29, 0.717) is 31.9 Å². The van der Waals surface area contributed by atoms with Crippen molar-refractivity contribution in [1.82, 2.24) is 15.1 Å². The molecule has 1 aromatic carbocycles. The molecule has 174 valence electrons. The molecule has 31 heavy (non-hydrogen) atoms. The third-order valence-corrected chi connectivity index (χ3v) is 5.79. The van der Waals surface area contributed by atoms with Gasteiger partial charge in [0.05, 0.1) is 23.8 Å². The van der Waals surface area contributed by atoms with Crippen molar-refractivity contribution in [3.05, 3.63) is 34.3 Å². The van der Waals surface area contributed by atoms with Crippen LogP contribution in [-0.2, 0) is 11.3 Å². The first-order valence-electron chi connectivity index (χ1n) is 9.72. The highest BCUT2D eigenvalue weighted by molar-refractivity contribution is 6.34. The normalized spacial score (nSPS) is 21.5. The smallest absolute Gasteiger partial charge is 0.378 e. The maximum Gasteiger partial charge on any atom is 0.402 e. The van der Waals surface area contributed by atoms with E-state index in [1.54, 1.807) is 0 Å². The summed E-state index contributed by atoms with van der Waals surface area (Å²) < 4.78 is 85.4. The van der Waals surface area contributed by atoms with Gasteiger partial charge in [0.2, 0.25) is 0 Å². The van der Waals surface area contributed by atoms with Gasteiger partial charge in [-0.1, -0.05) is 23.7 Å². The van der Waals surface area contributed by atoms with E-state index in [-0.39, 0.29) is 30.2 Å². The number of carbonyl (C=O) groups excluding carboxylic acids is 1. The highest BCUT2D eigenvalue weighted by Gasteiger charge is 2.61. The molecule has 1 atom stereocenters. The number of hydrogen-bond donors (Lipinski definition) is 1. The lowest BCUT2D eigenvalue weighted by Gasteiger charge is -2.42. The van der Waals surface area contributed by atoms with Gasteiger partial charge in [0.15, 0.2) is 5.92 Å². The van der Waals surface area contributed by atoms with E-state index in [1.165, 1.54) is 23.1 Å². The van der Waals surface area contributed by atoms with Gasteiger partial charge in [0.25, 0.3) is 5.91 Å². The highest BCUT2D eigenvalue weighted by atomic mass is 35.5. The second-order valence-corrected chi connectivity index (χ2v) is 7.89. The molecule has 2 heterocycles. The Morgan fingerprint density at radius 2 is 1.77 bits per heavy atom. The summed E-state index contributed by atoms with van der Waals surface area (Å²) in [7, 11) is 0. The SMILES string of the molecule is O=C(c1c(Cl)cccc1CN1CCNCC1C(C(F)(F)F)C(F)(F)F)N1CCOCC1. The molecule has 0 saturated carbocycles. The molecule has 2 fully saturated rings. The number of nitrogens with one attached hydrogen (secondary N) is 1. The first-order chi connectivity index (χ1) is 14.5. The number of piperazine rings is 1. The Kier molecular flexibility index (Phi) is 7.39. The number of morpholine rings is 1. The van der Waals surface area contributed by atoms with E-state index in [2.05, 4.69) is 5.32 Å². The number of alkyl halides is 6. The van der Waals surface area contributed by atoms with Crippen molar-refractivity contribution in [2.45, 2.75) is 24.9 Å². The molecular weight excluding hydrogens is 452 g/mol. The predicted octanol–water partition coefficient (Wildman–Crippen LogP) is 3.33. The third kappa shape index (κ3) is 5.63. The first-order valence-corrected chi connectivity index (χ1v) is 10.1. The van der Waals surface area contributed by atoms with E-state index in [9.17, 15) is 31.1 Å². The van der Waals surface area contributed by atoms with Crippen LogP contribution in [-0.4, -0.2) is 80.0 Å². The molecule has 2 aliphatic heterocycles. The average molecular weight is 474 g/mol. The summed E-state index contributed by atoms with van der Waals surface area (Å²) in [4.78, 5) is 15.7. The van der Waals surface area contributed by atoms with Crippen LogP contribution >= 0.6 is 11.6 Å². The van der Waals surface area contributed by atoms with Crippen molar-refractivity contribution in [2.24, 2.45) is 5.92 Å². The van der Waals surface area contributed by atoms with Crippen molar-refractivity contribution in [3.63, 3.8) is 0 Å². The Labute approximate surface area is 180 Å². The van der Waals surface area contributed by atoms with Crippen molar-refractivity contribution in [2.75, 3.05) is 45.9 Å². The Bertz CT molecular complexity index is 769. The molecule has 0 aliphatic carbocycles. The second kappa shape index (κ2) is 9.51. The molecule has 0 bridgehead atoms. The van der Waals surface area contributed by atoms with Crippen molar-refractivity contribution in [3.8, 4) is 0 Å². The van der Waals surface area contributed by atoms with Crippen LogP contribution in [0.4, 0.5) is 26.3 Å². The summed E-state index contributed by atoms with van der Waals surface area (Å²) in [5.41, 5.74) is 0.387. The van der Waals surface area contributed by atoms with E-state index in [4.69, 9.17) is 16.3 Å². The van der Waals surface area contributed by atoms with Crippen LogP contribution in [0, 0.1) is 5.92 Å². The van der Waals surface area contributed by atoms with Crippen LogP contribution in [0.3, 0.4) is 0 Å². The highest BCUT2D eigenvalue weighted by Crippen LogP contribution is 2.43. The monoisotopic (exact) mass is 473 g/mol. The van der Waals surface area contributed by atoms with Crippen LogP contribution < -0.4 is 5.32 Å². The molecule has 3 rings (SSSR count). The fraction of sp³-hybridized carbons (Fsp3) is 0.632. The Morgan fingerprint density at radius 1 is 1.13 bits per heavy atom. The lowest BCUT2D eigenvalue weighted by Crippen LogP contribution is -2.60. The number of halogens is 7. The van der Waals surface area contributed by atoms with Crippen molar-refractivity contribution in [1.29, 1.82) is 0 Å². The number of amides is 1. The molecule has 12 heteroatoms.